The number of piperazine rings is 1. The third-order valence-electron chi connectivity index (χ3n) is 5.84. The Morgan fingerprint density at radius 2 is 1.88 bits per heavy atom. The quantitative estimate of drug-likeness (QED) is 0.453. The average Bonchev–Trinajstić information content (AvgIpc) is 3.17. The van der Waals surface area contributed by atoms with E-state index in [2.05, 4.69) is 33.9 Å². The van der Waals surface area contributed by atoms with E-state index in [1.807, 2.05) is 25.1 Å². The second-order valence-electron chi connectivity index (χ2n) is 8.13. The van der Waals surface area contributed by atoms with Gasteiger partial charge < -0.3 is 15.0 Å². The van der Waals surface area contributed by atoms with E-state index in [-0.39, 0.29) is 39.9 Å². The third kappa shape index (κ3) is 4.11. The van der Waals surface area contributed by atoms with Gasteiger partial charge in [0.1, 0.15) is 16.9 Å². The molecule has 1 aliphatic heterocycles. The number of carboxylic acids is 1. The number of hydrogen-bond donors (Lipinski definition) is 2. The SMILES string of the molecule is C[C@@H]1CN(Cc2ccccc2)[C@@H](C)CN1C(=O)c1nc2c(C(=O)C(=O)O)[nH]cc2cc1Cl. The Bertz CT molecular complexity index is 1190. The van der Waals surface area contributed by atoms with Gasteiger partial charge in [0, 0.05) is 43.3 Å². The lowest BCUT2D eigenvalue weighted by atomic mass is 10.1. The Balaban J connectivity index is 1.59. The number of nitrogens with zero attached hydrogens (tertiary/aromatic N) is 3. The van der Waals surface area contributed by atoms with Gasteiger partial charge in [-0.25, -0.2) is 9.78 Å². The van der Waals surface area contributed by atoms with Crippen LogP contribution < -0.4 is 0 Å². The predicted octanol–water partition coefficient (Wildman–Crippen LogP) is 3.22. The van der Waals surface area contributed by atoms with Crippen molar-refractivity contribution < 1.29 is 19.5 Å². The number of aromatic nitrogens is 2. The van der Waals surface area contributed by atoms with Crippen LogP contribution in [0.5, 0.6) is 0 Å². The zero-order valence-corrected chi connectivity index (χ0v) is 18.5. The van der Waals surface area contributed by atoms with Gasteiger partial charge in [0.2, 0.25) is 0 Å². The second kappa shape index (κ2) is 8.72. The lowest BCUT2D eigenvalue weighted by Crippen LogP contribution is -2.57. The number of pyridine rings is 1. The van der Waals surface area contributed by atoms with Crippen molar-refractivity contribution in [2.45, 2.75) is 32.5 Å². The second-order valence-corrected chi connectivity index (χ2v) is 8.53. The molecular formula is C23H23ClN4O4. The fraction of sp³-hybridized carbons (Fsp3) is 0.304. The number of aliphatic carboxylic acids is 1. The molecule has 0 bridgehead atoms. The molecule has 2 N–H and O–H groups in total. The number of amides is 1. The molecule has 1 aliphatic rings. The lowest BCUT2D eigenvalue weighted by Gasteiger charge is -2.44. The Morgan fingerprint density at radius 1 is 1.16 bits per heavy atom. The molecule has 1 saturated heterocycles. The van der Waals surface area contributed by atoms with Crippen molar-refractivity contribution in [2.75, 3.05) is 13.1 Å². The Kier molecular flexibility index (Phi) is 5.99. The number of carbonyl (C=O) groups excluding carboxylic acids is 2. The summed E-state index contributed by atoms with van der Waals surface area (Å²) >= 11 is 6.35. The minimum Gasteiger partial charge on any atom is -0.475 e. The van der Waals surface area contributed by atoms with E-state index in [0.29, 0.717) is 18.5 Å². The minimum atomic E-state index is -1.60. The van der Waals surface area contributed by atoms with Crippen LogP contribution in [0.15, 0.2) is 42.6 Å². The molecular weight excluding hydrogens is 432 g/mol. The highest BCUT2D eigenvalue weighted by molar-refractivity contribution is 6.41. The maximum Gasteiger partial charge on any atom is 0.378 e. The Labute approximate surface area is 189 Å². The van der Waals surface area contributed by atoms with Gasteiger partial charge in [-0.2, -0.15) is 0 Å². The fourth-order valence-corrected chi connectivity index (χ4v) is 4.36. The van der Waals surface area contributed by atoms with Crippen LogP contribution in [0.4, 0.5) is 0 Å². The molecule has 166 valence electrons. The maximum absolute atomic E-state index is 13.4. The monoisotopic (exact) mass is 454 g/mol. The summed E-state index contributed by atoms with van der Waals surface area (Å²) in [5, 5.41) is 9.66. The first-order chi connectivity index (χ1) is 15.3. The number of nitrogens with one attached hydrogen (secondary N) is 1. The smallest absolute Gasteiger partial charge is 0.378 e. The largest absolute Gasteiger partial charge is 0.475 e. The number of ketones is 1. The van der Waals surface area contributed by atoms with E-state index in [0.717, 1.165) is 6.54 Å². The molecule has 0 spiro atoms. The highest BCUT2D eigenvalue weighted by Crippen LogP contribution is 2.27. The van der Waals surface area contributed by atoms with Crippen LogP contribution >= 0.6 is 11.6 Å². The average molecular weight is 455 g/mol. The summed E-state index contributed by atoms with van der Waals surface area (Å²) < 4.78 is 0. The van der Waals surface area contributed by atoms with Crippen molar-refractivity contribution in [1.29, 1.82) is 0 Å². The molecule has 2 atom stereocenters. The molecule has 0 aliphatic carbocycles. The van der Waals surface area contributed by atoms with Crippen LogP contribution in [0.2, 0.25) is 5.02 Å². The van der Waals surface area contributed by atoms with Gasteiger partial charge in [0.15, 0.2) is 0 Å². The molecule has 4 rings (SSSR count). The number of carbonyl (C=O) groups is 3. The van der Waals surface area contributed by atoms with Crippen LogP contribution in [-0.2, 0) is 11.3 Å². The lowest BCUT2D eigenvalue weighted by molar-refractivity contribution is -0.131. The number of carboxylic acid groups (broad SMARTS) is 1. The molecule has 9 heteroatoms. The summed E-state index contributed by atoms with van der Waals surface area (Å²) in [5.41, 5.74) is 1.17. The van der Waals surface area contributed by atoms with E-state index in [9.17, 15) is 14.4 Å². The van der Waals surface area contributed by atoms with Gasteiger partial charge in [-0.3, -0.25) is 14.5 Å². The number of benzene rings is 1. The number of hydrogen-bond acceptors (Lipinski definition) is 5. The van der Waals surface area contributed by atoms with Crippen LogP contribution in [0, 0.1) is 0 Å². The third-order valence-corrected chi connectivity index (χ3v) is 6.13. The molecule has 0 saturated carbocycles. The minimum absolute atomic E-state index is 0.00812. The van der Waals surface area contributed by atoms with Crippen molar-refractivity contribution in [3.63, 3.8) is 0 Å². The Hall–Kier alpha value is -3.23. The van der Waals surface area contributed by atoms with Crippen molar-refractivity contribution in [3.05, 3.63) is 64.6 Å². The van der Waals surface area contributed by atoms with Gasteiger partial charge in [-0.15, -0.1) is 0 Å². The first kappa shape index (κ1) is 22.0. The molecule has 1 amide bonds. The summed E-state index contributed by atoms with van der Waals surface area (Å²) in [5.74, 6) is -3.06. The van der Waals surface area contributed by atoms with Gasteiger partial charge in [-0.1, -0.05) is 41.9 Å². The van der Waals surface area contributed by atoms with Crippen LogP contribution in [0.3, 0.4) is 0 Å². The predicted molar refractivity (Wildman–Crippen MR) is 120 cm³/mol. The van der Waals surface area contributed by atoms with Crippen LogP contribution in [0.1, 0.15) is 40.4 Å². The van der Waals surface area contributed by atoms with E-state index in [1.54, 1.807) is 4.90 Å². The fourth-order valence-electron chi connectivity index (χ4n) is 4.12. The van der Waals surface area contributed by atoms with E-state index in [4.69, 9.17) is 16.7 Å². The van der Waals surface area contributed by atoms with Crippen LogP contribution in [-0.4, -0.2) is 67.7 Å². The molecule has 3 heterocycles. The van der Waals surface area contributed by atoms with E-state index in [1.165, 1.54) is 17.8 Å². The normalized spacial score (nSPS) is 19.3. The molecule has 0 radical (unpaired) electrons. The molecule has 1 aromatic carbocycles. The van der Waals surface area contributed by atoms with Crippen molar-refractivity contribution in [2.24, 2.45) is 0 Å². The Morgan fingerprint density at radius 3 is 2.56 bits per heavy atom. The number of Topliss-reactive ketones (excluding diaryl/α,β-unsaturated/α-hetero) is 1. The number of rotatable bonds is 5. The van der Waals surface area contributed by atoms with Gasteiger partial charge in [-0.05, 0) is 25.5 Å². The van der Waals surface area contributed by atoms with Crippen molar-refractivity contribution in [1.82, 2.24) is 19.8 Å². The van der Waals surface area contributed by atoms with E-state index < -0.39 is 11.8 Å². The highest BCUT2D eigenvalue weighted by Gasteiger charge is 2.34. The van der Waals surface area contributed by atoms with Crippen molar-refractivity contribution >= 4 is 40.2 Å². The number of halogens is 1. The molecule has 1 fully saturated rings. The van der Waals surface area contributed by atoms with E-state index >= 15 is 0 Å². The molecule has 2 aromatic heterocycles. The summed E-state index contributed by atoms with van der Waals surface area (Å²) in [4.78, 5) is 47.4. The molecule has 0 unspecified atom stereocenters. The standard InChI is InChI=1S/C23H23ClN4O4/c1-13-11-28(14(2)10-27(13)12-15-6-4-3-5-7-15)22(30)19-17(24)8-16-9-25-20(18(16)26-19)21(29)23(31)32/h3-9,13-14,25H,10-12H2,1-2H3,(H,31,32)/t13-,14+/m0/s1. The molecule has 3 aromatic rings. The summed E-state index contributed by atoms with van der Waals surface area (Å²) in [6.07, 6.45) is 1.45. The topological polar surface area (TPSA) is 107 Å². The van der Waals surface area contributed by atoms with Crippen molar-refractivity contribution in [3.8, 4) is 0 Å². The zero-order valence-electron chi connectivity index (χ0n) is 17.7. The maximum atomic E-state index is 13.4. The molecule has 8 nitrogen and oxygen atoms in total. The summed E-state index contributed by atoms with van der Waals surface area (Å²) in [6, 6.07) is 11.7. The summed E-state index contributed by atoms with van der Waals surface area (Å²) in [6.45, 7) is 6.03. The first-order valence-corrected chi connectivity index (χ1v) is 10.7. The summed E-state index contributed by atoms with van der Waals surface area (Å²) in [7, 11) is 0. The number of aromatic amines is 1. The van der Waals surface area contributed by atoms with Gasteiger partial charge in [0.05, 0.1) is 5.02 Å². The zero-order chi connectivity index (χ0) is 23.0. The first-order valence-electron chi connectivity index (χ1n) is 10.3. The van der Waals surface area contributed by atoms with Gasteiger partial charge in [0.25, 0.3) is 11.7 Å². The number of H-pyrrole nitrogens is 1. The number of fused-ring (bicyclic) bond motifs is 1. The molecule has 32 heavy (non-hydrogen) atoms. The van der Waals surface area contributed by atoms with Crippen LogP contribution in [0.25, 0.3) is 10.9 Å². The van der Waals surface area contributed by atoms with Gasteiger partial charge >= 0.3 is 5.97 Å². The highest BCUT2D eigenvalue weighted by atomic mass is 35.5.